The predicted molar refractivity (Wildman–Crippen MR) is 92.6 cm³/mol. The van der Waals surface area contributed by atoms with Gasteiger partial charge in [-0.05, 0) is 31.0 Å². The van der Waals surface area contributed by atoms with Crippen molar-refractivity contribution >= 4 is 33.5 Å². The zero-order valence-electron chi connectivity index (χ0n) is 13.2. The van der Waals surface area contributed by atoms with Crippen molar-refractivity contribution in [3.63, 3.8) is 0 Å². The number of carboxylic acids is 1. The van der Waals surface area contributed by atoms with E-state index < -0.39 is 5.97 Å². The minimum Gasteiger partial charge on any atom is -0.477 e. The van der Waals surface area contributed by atoms with Crippen LogP contribution in [0.3, 0.4) is 0 Å². The van der Waals surface area contributed by atoms with Crippen LogP contribution >= 0.6 is 11.3 Å². The number of aromatic carboxylic acids is 1. The van der Waals surface area contributed by atoms with Crippen molar-refractivity contribution in [2.24, 2.45) is 0 Å². The number of hydrogen-bond donors (Lipinski definition) is 2. The van der Waals surface area contributed by atoms with E-state index in [9.17, 15) is 9.18 Å². The molecule has 3 aromatic heterocycles. The lowest BCUT2D eigenvalue weighted by Crippen LogP contribution is -2.42. The number of fused-ring (bicyclic) bond motifs is 1. The van der Waals surface area contributed by atoms with Crippen molar-refractivity contribution in [1.82, 2.24) is 15.0 Å². The van der Waals surface area contributed by atoms with Crippen LogP contribution in [0.2, 0.25) is 0 Å². The van der Waals surface area contributed by atoms with E-state index in [2.05, 4.69) is 20.3 Å². The quantitative estimate of drug-likeness (QED) is 0.726. The van der Waals surface area contributed by atoms with E-state index in [1.54, 1.807) is 24.5 Å². The fourth-order valence-corrected chi connectivity index (χ4v) is 3.99. The number of thiophene rings is 1. The van der Waals surface area contributed by atoms with Gasteiger partial charge in [0.15, 0.2) is 0 Å². The van der Waals surface area contributed by atoms with Gasteiger partial charge in [0, 0.05) is 29.7 Å². The van der Waals surface area contributed by atoms with Gasteiger partial charge in [0.2, 0.25) is 5.95 Å². The van der Waals surface area contributed by atoms with Gasteiger partial charge in [-0.1, -0.05) is 6.42 Å². The first kappa shape index (κ1) is 15.9. The molecule has 1 aliphatic rings. The molecule has 3 aromatic rings. The lowest BCUT2D eigenvalue weighted by molar-refractivity contribution is 0.0702. The first-order valence-electron chi connectivity index (χ1n) is 7.92. The molecule has 0 unspecified atom stereocenters. The fraction of sp³-hybridized carbons (Fsp3) is 0.294. The Labute approximate surface area is 146 Å². The summed E-state index contributed by atoms with van der Waals surface area (Å²) >= 11 is 1.11. The van der Waals surface area contributed by atoms with Gasteiger partial charge in [-0.3, -0.25) is 4.98 Å². The minimum atomic E-state index is -0.975. The number of anilines is 1. The number of hydrogen-bond acceptors (Lipinski definition) is 6. The van der Waals surface area contributed by atoms with E-state index in [1.165, 1.54) is 6.07 Å². The largest absolute Gasteiger partial charge is 0.477 e. The summed E-state index contributed by atoms with van der Waals surface area (Å²) in [6.45, 7) is 0.490. The van der Waals surface area contributed by atoms with Crippen molar-refractivity contribution in [1.29, 1.82) is 0 Å². The molecular formula is C17H15FN4O2S. The second-order valence-corrected chi connectivity index (χ2v) is 7.22. The Morgan fingerprint density at radius 3 is 2.92 bits per heavy atom. The van der Waals surface area contributed by atoms with E-state index in [-0.39, 0.29) is 16.1 Å². The highest BCUT2D eigenvalue weighted by Crippen LogP contribution is 2.43. The zero-order chi connectivity index (χ0) is 17.4. The third-order valence-electron chi connectivity index (χ3n) is 4.64. The number of halogens is 1. The number of nitrogens with one attached hydrogen (secondary N) is 1. The lowest BCUT2D eigenvalue weighted by Gasteiger charge is -2.41. The van der Waals surface area contributed by atoms with Crippen molar-refractivity contribution in [2.75, 3.05) is 11.9 Å². The molecular weight excluding hydrogens is 343 g/mol. The van der Waals surface area contributed by atoms with E-state index in [1.807, 2.05) is 0 Å². The van der Waals surface area contributed by atoms with Crippen molar-refractivity contribution in [3.8, 4) is 0 Å². The number of carboxylic acid groups (broad SMARTS) is 1. The summed E-state index contributed by atoms with van der Waals surface area (Å²) in [6, 6.07) is 4.58. The molecule has 25 heavy (non-hydrogen) atoms. The van der Waals surface area contributed by atoms with Gasteiger partial charge in [-0.15, -0.1) is 11.3 Å². The molecule has 1 saturated carbocycles. The maximum absolute atomic E-state index is 14.1. The molecule has 0 aromatic carbocycles. The number of rotatable bonds is 5. The van der Waals surface area contributed by atoms with Gasteiger partial charge in [0.1, 0.15) is 15.5 Å². The molecule has 8 heteroatoms. The van der Waals surface area contributed by atoms with E-state index in [4.69, 9.17) is 5.11 Å². The summed E-state index contributed by atoms with van der Waals surface area (Å²) in [5.41, 5.74) is 0.143. The Hall–Kier alpha value is -2.61. The highest BCUT2D eigenvalue weighted by atomic mass is 32.1. The summed E-state index contributed by atoms with van der Waals surface area (Å²) in [6.07, 6.45) is 5.96. The normalized spacial score (nSPS) is 15.7. The molecule has 0 radical (unpaired) electrons. The SMILES string of the molecule is O=C(O)c1cc2cnc(NCC3(c4ncccc4F)CCC3)nc2s1. The Kier molecular flexibility index (Phi) is 3.84. The van der Waals surface area contributed by atoms with Gasteiger partial charge in [-0.2, -0.15) is 0 Å². The summed E-state index contributed by atoms with van der Waals surface area (Å²) < 4.78 is 14.1. The number of nitrogens with zero attached hydrogens (tertiary/aromatic N) is 3. The fourth-order valence-electron chi connectivity index (χ4n) is 3.15. The third kappa shape index (κ3) is 2.82. The highest BCUT2D eigenvalue weighted by molar-refractivity contribution is 7.20. The third-order valence-corrected chi connectivity index (χ3v) is 5.67. The summed E-state index contributed by atoms with van der Waals surface area (Å²) in [7, 11) is 0. The van der Waals surface area contributed by atoms with Crippen LogP contribution in [-0.2, 0) is 5.41 Å². The molecule has 2 N–H and O–H groups in total. The van der Waals surface area contributed by atoms with Crippen LogP contribution in [0.4, 0.5) is 10.3 Å². The lowest BCUT2D eigenvalue weighted by atomic mass is 9.66. The molecule has 3 heterocycles. The molecule has 0 spiro atoms. The van der Waals surface area contributed by atoms with Crippen LogP contribution in [0.1, 0.15) is 34.6 Å². The van der Waals surface area contributed by atoms with Crippen molar-refractivity contribution in [3.05, 3.63) is 47.0 Å². The van der Waals surface area contributed by atoms with Crippen LogP contribution in [0, 0.1) is 5.82 Å². The maximum atomic E-state index is 14.1. The summed E-state index contributed by atoms with van der Waals surface area (Å²) in [5.74, 6) is -0.852. The molecule has 1 fully saturated rings. The maximum Gasteiger partial charge on any atom is 0.345 e. The average Bonchev–Trinajstić information content (AvgIpc) is 2.99. The Balaban J connectivity index is 1.57. The molecule has 0 amide bonds. The second kappa shape index (κ2) is 6.03. The van der Waals surface area contributed by atoms with E-state index in [0.29, 0.717) is 28.4 Å². The summed E-state index contributed by atoms with van der Waals surface area (Å²) in [5, 5.41) is 12.9. The molecule has 0 saturated heterocycles. The van der Waals surface area contributed by atoms with Crippen LogP contribution in [-0.4, -0.2) is 32.6 Å². The van der Waals surface area contributed by atoms with E-state index in [0.717, 1.165) is 30.6 Å². The summed E-state index contributed by atoms with van der Waals surface area (Å²) in [4.78, 5) is 24.7. The average molecular weight is 358 g/mol. The van der Waals surface area contributed by atoms with Crippen LogP contribution in [0.15, 0.2) is 30.6 Å². The zero-order valence-corrected chi connectivity index (χ0v) is 14.0. The second-order valence-electron chi connectivity index (χ2n) is 6.19. The molecule has 0 bridgehead atoms. The van der Waals surface area contributed by atoms with Crippen LogP contribution < -0.4 is 5.32 Å². The van der Waals surface area contributed by atoms with Gasteiger partial charge in [-0.25, -0.2) is 19.2 Å². The molecule has 4 rings (SSSR count). The van der Waals surface area contributed by atoms with Crippen LogP contribution in [0.25, 0.3) is 10.2 Å². The first-order valence-corrected chi connectivity index (χ1v) is 8.74. The standard InChI is InChI=1S/C17H15FN4O2S/c18-11-3-1-6-19-13(11)17(4-2-5-17)9-21-16-20-8-10-7-12(15(23)24)25-14(10)22-16/h1,3,6-8H,2,4-5,9H2,(H,23,24)(H,20,21,22). The topological polar surface area (TPSA) is 88.0 Å². The Morgan fingerprint density at radius 2 is 2.24 bits per heavy atom. The van der Waals surface area contributed by atoms with Crippen LogP contribution in [0.5, 0.6) is 0 Å². The van der Waals surface area contributed by atoms with E-state index >= 15 is 0 Å². The molecule has 128 valence electrons. The Bertz CT molecular complexity index is 955. The number of carbonyl (C=O) groups is 1. The molecule has 0 aliphatic heterocycles. The molecule has 1 aliphatic carbocycles. The molecule has 0 atom stereocenters. The molecule has 6 nitrogen and oxygen atoms in total. The van der Waals surface area contributed by atoms with Gasteiger partial charge >= 0.3 is 5.97 Å². The smallest absolute Gasteiger partial charge is 0.345 e. The minimum absolute atomic E-state index is 0.229. The van der Waals surface area contributed by atoms with Crippen molar-refractivity contribution < 1.29 is 14.3 Å². The van der Waals surface area contributed by atoms with Gasteiger partial charge in [0.25, 0.3) is 0 Å². The van der Waals surface area contributed by atoms with Crippen molar-refractivity contribution in [2.45, 2.75) is 24.7 Å². The number of aromatic nitrogens is 3. The van der Waals surface area contributed by atoms with Gasteiger partial charge < -0.3 is 10.4 Å². The highest BCUT2D eigenvalue weighted by Gasteiger charge is 2.41. The number of pyridine rings is 1. The monoisotopic (exact) mass is 358 g/mol. The predicted octanol–water partition coefficient (Wildman–Crippen LogP) is 3.46. The first-order chi connectivity index (χ1) is 12.1. The Morgan fingerprint density at radius 1 is 1.40 bits per heavy atom. The van der Waals surface area contributed by atoms with Gasteiger partial charge in [0.05, 0.1) is 5.69 Å².